The highest BCUT2D eigenvalue weighted by Crippen LogP contribution is 2.39. The van der Waals surface area contributed by atoms with Crippen molar-refractivity contribution in [2.24, 2.45) is 0 Å². The molecule has 14 heteroatoms. The summed E-state index contributed by atoms with van der Waals surface area (Å²) in [7, 11) is 0. The Morgan fingerprint density at radius 3 is 2.46 bits per heavy atom. The first-order valence-electron chi connectivity index (χ1n) is 10.2. The fraction of sp³-hybridized carbons (Fsp3) is 0.0870. The molecule has 1 amide bonds. The number of anilines is 1. The molecule has 188 valence electrons. The van der Waals surface area contributed by atoms with Crippen molar-refractivity contribution in [1.29, 1.82) is 0 Å². The minimum Gasteiger partial charge on any atom is -0.344 e. The summed E-state index contributed by atoms with van der Waals surface area (Å²) in [6.07, 6.45) is -8.46. The van der Waals surface area contributed by atoms with Gasteiger partial charge in [-0.25, -0.2) is 9.48 Å². The molecule has 0 aliphatic rings. The molecule has 5 aromatic rings. The summed E-state index contributed by atoms with van der Waals surface area (Å²) in [5, 5.41) is 7.09. The smallest absolute Gasteiger partial charge is 0.344 e. The number of benzene rings is 2. The molecular formula is C23H10BrF6N5O2. The number of carbonyl (C=O) groups is 1. The van der Waals surface area contributed by atoms with E-state index in [1.165, 1.54) is 18.2 Å². The number of hydrogen-bond acceptors (Lipinski definition) is 4. The van der Waals surface area contributed by atoms with E-state index >= 15 is 0 Å². The quantitative estimate of drug-likeness (QED) is 0.287. The largest absolute Gasteiger partial charge is 0.434 e. The molecule has 0 unspecified atom stereocenters. The zero-order chi connectivity index (χ0) is 26.7. The molecule has 3 aromatic heterocycles. The summed E-state index contributed by atoms with van der Waals surface area (Å²) >= 11 is 3.29. The second kappa shape index (κ2) is 8.46. The number of carbonyl (C=O) groups excluding carboxylic acids is 2. The molecule has 2 N–H and O–H groups in total. The third kappa shape index (κ3) is 4.13. The number of nitrogens with zero attached hydrogens (tertiary/aromatic N) is 3. The van der Waals surface area contributed by atoms with Crippen LogP contribution in [-0.2, 0) is 17.1 Å². The lowest BCUT2D eigenvalue weighted by molar-refractivity contribution is -0.143. The van der Waals surface area contributed by atoms with Crippen LogP contribution in [-0.4, -0.2) is 31.6 Å². The topological polar surface area (TPSA) is 92.7 Å². The van der Waals surface area contributed by atoms with E-state index in [-0.39, 0.29) is 16.4 Å². The van der Waals surface area contributed by atoms with Crippen molar-refractivity contribution in [2.45, 2.75) is 12.4 Å². The first-order chi connectivity index (χ1) is 17.4. The summed E-state index contributed by atoms with van der Waals surface area (Å²) in [5.41, 5.74) is -3.70. The molecule has 0 saturated carbocycles. The standard InChI is InChI=1S/C23H10BrF6N5O2/c24-14-7-16(12-3-1-2-11-15(9-36)34-19(14)18(11)12)35-20(23(28,29)30)13(8-32-35)21(37)33-10-4-5-31-17(6-10)22(25,26)27/h1-8,34H,(H,31,33,37). The van der Waals surface area contributed by atoms with E-state index in [9.17, 15) is 35.9 Å². The van der Waals surface area contributed by atoms with Gasteiger partial charge in [0.05, 0.1) is 23.0 Å². The van der Waals surface area contributed by atoms with Crippen LogP contribution in [0, 0.1) is 0 Å². The highest BCUT2D eigenvalue weighted by atomic mass is 79.9. The third-order valence-electron chi connectivity index (χ3n) is 5.53. The van der Waals surface area contributed by atoms with Gasteiger partial charge in [-0.05, 0) is 34.1 Å². The number of pyridine rings is 1. The summed E-state index contributed by atoms with van der Waals surface area (Å²) in [6.45, 7) is 0. The van der Waals surface area contributed by atoms with Crippen LogP contribution in [0.15, 0.2) is 53.3 Å². The zero-order valence-corrected chi connectivity index (χ0v) is 19.5. The Morgan fingerprint density at radius 2 is 1.78 bits per heavy atom. The SMILES string of the molecule is O=C=c1[nH]c2c(Br)cc(-n3ncc(C(=O)Nc4ccnc(C(F)(F)F)c4)c3C(F)(F)F)c3cccc1c32. The van der Waals surface area contributed by atoms with Crippen molar-refractivity contribution < 1.29 is 35.9 Å². The van der Waals surface area contributed by atoms with Gasteiger partial charge in [-0.3, -0.25) is 9.78 Å². The van der Waals surface area contributed by atoms with Crippen LogP contribution in [0.2, 0.25) is 0 Å². The van der Waals surface area contributed by atoms with Gasteiger partial charge in [0.1, 0.15) is 11.0 Å². The Hall–Kier alpha value is -4.16. The van der Waals surface area contributed by atoms with Crippen LogP contribution in [0.3, 0.4) is 0 Å². The van der Waals surface area contributed by atoms with Crippen LogP contribution in [0.25, 0.3) is 27.4 Å². The average molecular weight is 582 g/mol. The lowest BCUT2D eigenvalue weighted by Gasteiger charge is -2.15. The maximum absolute atomic E-state index is 14.3. The van der Waals surface area contributed by atoms with E-state index in [4.69, 9.17) is 0 Å². The summed E-state index contributed by atoms with van der Waals surface area (Å²) in [5.74, 6) is 0.429. The average Bonchev–Trinajstić information content (AvgIpc) is 3.44. The minimum absolute atomic E-state index is 0.0592. The number of halogens is 7. The first-order valence-corrected chi connectivity index (χ1v) is 11.0. The van der Waals surface area contributed by atoms with Gasteiger partial charge in [-0.15, -0.1) is 0 Å². The Balaban J connectivity index is 1.67. The molecule has 37 heavy (non-hydrogen) atoms. The maximum atomic E-state index is 14.3. The van der Waals surface area contributed by atoms with Crippen molar-refractivity contribution in [3.63, 3.8) is 0 Å². The molecule has 3 heterocycles. The number of rotatable bonds is 3. The van der Waals surface area contributed by atoms with Crippen LogP contribution >= 0.6 is 15.9 Å². The predicted molar refractivity (Wildman–Crippen MR) is 123 cm³/mol. The highest BCUT2D eigenvalue weighted by Gasteiger charge is 2.41. The fourth-order valence-electron chi connectivity index (χ4n) is 4.03. The van der Waals surface area contributed by atoms with Gasteiger partial charge in [0.25, 0.3) is 5.91 Å². The van der Waals surface area contributed by atoms with Gasteiger partial charge >= 0.3 is 12.4 Å². The van der Waals surface area contributed by atoms with Gasteiger partial charge in [-0.1, -0.05) is 18.2 Å². The van der Waals surface area contributed by atoms with Crippen LogP contribution < -0.4 is 10.7 Å². The molecule has 2 aromatic carbocycles. The molecule has 0 saturated heterocycles. The Bertz CT molecular complexity index is 1780. The fourth-order valence-corrected chi connectivity index (χ4v) is 4.55. The monoisotopic (exact) mass is 581 g/mol. The number of H-pyrrole nitrogens is 1. The van der Waals surface area contributed by atoms with E-state index < -0.39 is 40.9 Å². The molecular weight excluding hydrogens is 572 g/mol. The van der Waals surface area contributed by atoms with Crippen LogP contribution in [0.5, 0.6) is 0 Å². The van der Waals surface area contributed by atoms with Gasteiger partial charge in [0.15, 0.2) is 11.6 Å². The molecule has 7 nitrogen and oxygen atoms in total. The molecule has 0 aliphatic heterocycles. The Labute approximate surface area is 209 Å². The van der Waals surface area contributed by atoms with Gasteiger partial charge in [0, 0.05) is 32.5 Å². The molecule has 5 rings (SSSR count). The van der Waals surface area contributed by atoms with E-state index in [2.05, 4.69) is 31.0 Å². The summed E-state index contributed by atoms with van der Waals surface area (Å²) < 4.78 is 82.4. The molecule has 0 radical (unpaired) electrons. The number of nitrogens with one attached hydrogen (secondary N) is 2. The number of aromatic nitrogens is 4. The van der Waals surface area contributed by atoms with Crippen molar-refractivity contribution >= 4 is 55.1 Å². The Kier molecular flexibility index (Phi) is 5.61. The molecule has 0 spiro atoms. The molecule has 0 atom stereocenters. The lowest BCUT2D eigenvalue weighted by Crippen LogP contribution is -2.21. The number of amides is 1. The minimum atomic E-state index is -5.08. The van der Waals surface area contributed by atoms with Crippen molar-refractivity contribution in [2.75, 3.05) is 5.32 Å². The van der Waals surface area contributed by atoms with E-state index in [1.54, 1.807) is 12.0 Å². The molecule has 0 bridgehead atoms. The maximum Gasteiger partial charge on any atom is 0.434 e. The molecule has 0 aliphatic carbocycles. The second-order valence-electron chi connectivity index (χ2n) is 7.78. The van der Waals surface area contributed by atoms with E-state index in [0.29, 0.717) is 37.7 Å². The lowest BCUT2D eigenvalue weighted by atomic mass is 10.1. The van der Waals surface area contributed by atoms with Crippen molar-refractivity contribution in [3.8, 4) is 5.69 Å². The zero-order valence-electron chi connectivity index (χ0n) is 17.9. The van der Waals surface area contributed by atoms with Gasteiger partial charge in [0.2, 0.25) is 0 Å². The summed E-state index contributed by atoms with van der Waals surface area (Å²) in [4.78, 5) is 30.2. The number of aromatic amines is 1. The van der Waals surface area contributed by atoms with Gasteiger partial charge < -0.3 is 10.3 Å². The van der Waals surface area contributed by atoms with Gasteiger partial charge in [-0.2, -0.15) is 31.4 Å². The van der Waals surface area contributed by atoms with Crippen LogP contribution in [0.4, 0.5) is 32.0 Å². The van der Waals surface area contributed by atoms with Crippen LogP contribution in [0.1, 0.15) is 21.7 Å². The third-order valence-corrected chi connectivity index (χ3v) is 6.16. The number of hydrogen-bond donors (Lipinski definition) is 2. The van der Waals surface area contributed by atoms with E-state index in [0.717, 1.165) is 12.3 Å². The van der Waals surface area contributed by atoms with E-state index in [1.807, 2.05) is 5.32 Å². The second-order valence-corrected chi connectivity index (χ2v) is 8.64. The van der Waals surface area contributed by atoms with Crippen molar-refractivity contribution in [3.05, 3.63) is 75.6 Å². The highest BCUT2D eigenvalue weighted by molar-refractivity contribution is 9.10. The first kappa shape index (κ1) is 24.5. The summed E-state index contributed by atoms with van der Waals surface area (Å²) in [6, 6.07) is 7.51. The number of alkyl halides is 6. The Morgan fingerprint density at radius 1 is 1.05 bits per heavy atom. The predicted octanol–water partition coefficient (Wildman–Crippen LogP) is 5.18. The normalized spacial score (nSPS) is 12.3. The molecule has 0 fully saturated rings. The van der Waals surface area contributed by atoms with Crippen molar-refractivity contribution in [1.82, 2.24) is 19.7 Å².